The lowest BCUT2D eigenvalue weighted by Crippen LogP contribution is -2.28. The summed E-state index contributed by atoms with van der Waals surface area (Å²) in [7, 11) is 1.68. The standard InChI is InChI=1S/C15H23F3N2/c1-5-8-19-10-12-6-7-14(20(4)11(2)3)13(9-12)15(16,17)18/h6-7,9,11,19H,5,8,10H2,1-4H3. The van der Waals surface area contributed by atoms with Crippen LogP contribution in [-0.4, -0.2) is 19.6 Å². The molecule has 0 fully saturated rings. The van der Waals surface area contributed by atoms with Crippen molar-refractivity contribution in [2.24, 2.45) is 0 Å². The summed E-state index contributed by atoms with van der Waals surface area (Å²) in [6, 6.07) is 4.58. The Labute approximate surface area is 119 Å². The monoisotopic (exact) mass is 288 g/mol. The van der Waals surface area contributed by atoms with Crippen molar-refractivity contribution in [1.82, 2.24) is 5.32 Å². The summed E-state index contributed by atoms with van der Waals surface area (Å²) in [5.74, 6) is 0. The Morgan fingerprint density at radius 1 is 1.25 bits per heavy atom. The highest BCUT2D eigenvalue weighted by Crippen LogP contribution is 2.37. The molecular weight excluding hydrogens is 265 g/mol. The lowest BCUT2D eigenvalue weighted by atomic mass is 10.1. The smallest absolute Gasteiger partial charge is 0.372 e. The van der Waals surface area contributed by atoms with E-state index in [9.17, 15) is 13.2 Å². The van der Waals surface area contributed by atoms with Crippen molar-refractivity contribution >= 4 is 5.69 Å². The van der Waals surface area contributed by atoms with Gasteiger partial charge in [-0.05, 0) is 44.5 Å². The third kappa shape index (κ3) is 4.40. The number of nitrogens with one attached hydrogen (secondary N) is 1. The highest BCUT2D eigenvalue weighted by Gasteiger charge is 2.35. The van der Waals surface area contributed by atoms with Gasteiger partial charge in [-0.1, -0.05) is 13.0 Å². The van der Waals surface area contributed by atoms with E-state index >= 15 is 0 Å². The van der Waals surface area contributed by atoms with E-state index in [1.54, 1.807) is 24.1 Å². The number of hydrogen-bond donors (Lipinski definition) is 1. The third-order valence-corrected chi connectivity index (χ3v) is 3.28. The van der Waals surface area contributed by atoms with Crippen LogP contribution in [-0.2, 0) is 12.7 Å². The molecule has 0 spiro atoms. The topological polar surface area (TPSA) is 15.3 Å². The molecule has 114 valence electrons. The fourth-order valence-electron chi connectivity index (χ4n) is 1.92. The first-order chi connectivity index (χ1) is 9.27. The van der Waals surface area contributed by atoms with E-state index in [2.05, 4.69) is 5.32 Å². The molecule has 0 aliphatic carbocycles. The van der Waals surface area contributed by atoms with E-state index < -0.39 is 11.7 Å². The van der Waals surface area contributed by atoms with Gasteiger partial charge in [-0.2, -0.15) is 13.2 Å². The number of halogens is 3. The molecule has 0 heterocycles. The quantitative estimate of drug-likeness (QED) is 0.794. The van der Waals surface area contributed by atoms with E-state index in [1.807, 2.05) is 20.8 Å². The van der Waals surface area contributed by atoms with Crippen molar-refractivity contribution in [2.45, 2.75) is 46.0 Å². The lowest BCUT2D eigenvalue weighted by molar-refractivity contribution is -0.137. The van der Waals surface area contributed by atoms with Crippen molar-refractivity contribution in [3.8, 4) is 0 Å². The van der Waals surface area contributed by atoms with Crippen LogP contribution in [0.5, 0.6) is 0 Å². The second-order valence-electron chi connectivity index (χ2n) is 5.23. The Morgan fingerprint density at radius 2 is 1.90 bits per heavy atom. The number of benzene rings is 1. The summed E-state index contributed by atoms with van der Waals surface area (Å²) in [5, 5.41) is 3.12. The van der Waals surface area contributed by atoms with Gasteiger partial charge in [0.2, 0.25) is 0 Å². The predicted octanol–water partition coefficient (Wildman–Crippen LogP) is 4.05. The van der Waals surface area contributed by atoms with Gasteiger partial charge in [0.05, 0.1) is 5.56 Å². The Morgan fingerprint density at radius 3 is 2.40 bits per heavy atom. The molecule has 0 aliphatic heterocycles. The molecule has 0 radical (unpaired) electrons. The van der Waals surface area contributed by atoms with Gasteiger partial charge in [0, 0.05) is 25.3 Å². The summed E-state index contributed by atoms with van der Waals surface area (Å²) in [6.45, 7) is 7.03. The first-order valence-corrected chi connectivity index (χ1v) is 6.91. The van der Waals surface area contributed by atoms with E-state index in [0.717, 1.165) is 13.0 Å². The van der Waals surface area contributed by atoms with Crippen molar-refractivity contribution in [3.05, 3.63) is 29.3 Å². The molecule has 0 unspecified atom stereocenters. The van der Waals surface area contributed by atoms with Gasteiger partial charge in [-0.3, -0.25) is 0 Å². The molecule has 0 saturated carbocycles. The van der Waals surface area contributed by atoms with Gasteiger partial charge in [0.25, 0.3) is 0 Å². The van der Waals surface area contributed by atoms with Crippen LogP contribution in [0.4, 0.5) is 18.9 Å². The maximum absolute atomic E-state index is 13.2. The van der Waals surface area contributed by atoms with E-state index in [0.29, 0.717) is 12.1 Å². The van der Waals surface area contributed by atoms with Crippen LogP contribution in [0.15, 0.2) is 18.2 Å². The molecule has 20 heavy (non-hydrogen) atoms. The zero-order chi connectivity index (χ0) is 15.3. The minimum absolute atomic E-state index is 0.0140. The molecule has 1 rings (SSSR count). The summed E-state index contributed by atoms with van der Waals surface area (Å²) in [6.07, 6.45) is -3.38. The van der Waals surface area contributed by atoms with Crippen molar-refractivity contribution in [2.75, 3.05) is 18.5 Å². The lowest BCUT2D eigenvalue weighted by Gasteiger charge is -2.27. The van der Waals surface area contributed by atoms with E-state index in [-0.39, 0.29) is 11.7 Å². The summed E-state index contributed by atoms with van der Waals surface area (Å²) < 4.78 is 39.6. The maximum atomic E-state index is 13.2. The molecule has 1 N–H and O–H groups in total. The van der Waals surface area contributed by atoms with Crippen LogP contribution in [0.3, 0.4) is 0 Å². The van der Waals surface area contributed by atoms with Gasteiger partial charge in [-0.25, -0.2) is 0 Å². The SMILES string of the molecule is CCCNCc1ccc(N(C)C(C)C)c(C(F)(F)F)c1. The first-order valence-electron chi connectivity index (χ1n) is 6.91. The molecule has 0 aromatic heterocycles. The predicted molar refractivity (Wildman–Crippen MR) is 77.0 cm³/mol. The minimum atomic E-state index is -4.33. The first kappa shape index (κ1) is 16.8. The van der Waals surface area contributed by atoms with E-state index in [4.69, 9.17) is 0 Å². The summed E-state index contributed by atoms with van der Waals surface area (Å²) >= 11 is 0. The third-order valence-electron chi connectivity index (χ3n) is 3.28. The second kappa shape index (κ2) is 6.97. The van der Waals surface area contributed by atoms with Crippen LogP contribution in [0, 0.1) is 0 Å². The van der Waals surface area contributed by atoms with Crippen LogP contribution >= 0.6 is 0 Å². The number of nitrogens with zero attached hydrogens (tertiary/aromatic N) is 1. The molecule has 0 bridgehead atoms. The van der Waals surface area contributed by atoms with Crippen molar-refractivity contribution < 1.29 is 13.2 Å². The zero-order valence-corrected chi connectivity index (χ0v) is 12.5. The molecule has 0 amide bonds. The molecule has 0 aliphatic rings. The minimum Gasteiger partial charge on any atom is -0.372 e. The Hall–Kier alpha value is -1.23. The average Bonchev–Trinajstić information content (AvgIpc) is 2.37. The van der Waals surface area contributed by atoms with Gasteiger partial charge in [0.1, 0.15) is 0 Å². The number of rotatable bonds is 6. The van der Waals surface area contributed by atoms with Crippen LogP contribution in [0.2, 0.25) is 0 Å². The Kier molecular flexibility index (Phi) is 5.87. The molecule has 2 nitrogen and oxygen atoms in total. The Bertz CT molecular complexity index is 428. The van der Waals surface area contributed by atoms with Crippen LogP contribution in [0.25, 0.3) is 0 Å². The van der Waals surface area contributed by atoms with Gasteiger partial charge >= 0.3 is 6.18 Å². The molecular formula is C15H23F3N2. The van der Waals surface area contributed by atoms with E-state index in [1.165, 1.54) is 6.07 Å². The number of hydrogen-bond acceptors (Lipinski definition) is 2. The number of alkyl halides is 3. The second-order valence-corrected chi connectivity index (χ2v) is 5.23. The van der Waals surface area contributed by atoms with Gasteiger partial charge in [-0.15, -0.1) is 0 Å². The highest BCUT2D eigenvalue weighted by molar-refractivity contribution is 5.56. The van der Waals surface area contributed by atoms with Crippen molar-refractivity contribution in [3.63, 3.8) is 0 Å². The molecule has 5 heteroatoms. The highest BCUT2D eigenvalue weighted by atomic mass is 19.4. The summed E-state index contributed by atoms with van der Waals surface area (Å²) in [5.41, 5.74) is 0.322. The average molecular weight is 288 g/mol. The zero-order valence-electron chi connectivity index (χ0n) is 12.5. The summed E-state index contributed by atoms with van der Waals surface area (Å²) in [4.78, 5) is 1.64. The molecule has 0 saturated heterocycles. The molecule has 0 atom stereocenters. The fourth-order valence-corrected chi connectivity index (χ4v) is 1.92. The van der Waals surface area contributed by atoms with Crippen molar-refractivity contribution in [1.29, 1.82) is 0 Å². The fraction of sp³-hybridized carbons (Fsp3) is 0.600. The van der Waals surface area contributed by atoms with Gasteiger partial charge < -0.3 is 10.2 Å². The largest absolute Gasteiger partial charge is 0.418 e. The maximum Gasteiger partial charge on any atom is 0.418 e. The number of anilines is 1. The normalized spacial score (nSPS) is 12.0. The van der Waals surface area contributed by atoms with Crippen LogP contribution in [0.1, 0.15) is 38.3 Å². The van der Waals surface area contributed by atoms with Gasteiger partial charge in [0.15, 0.2) is 0 Å². The molecule has 1 aromatic carbocycles. The molecule has 1 aromatic rings. The Balaban J connectivity index is 3.07. The van der Waals surface area contributed by atoms with Crippen LogP contribution < -0.4 is 10.2 Å².